The van der Waals surface area contributed by atoms with Gasteiger partial charge in [-0.1, -0.05) is 19.1 Å². The van der Waals surface area contributed by atoms with Gasteiger partial charge < -0.3 is 10.1 Å². The normalized spacial score (nSPS) is 12.3. The number of methoxy groups -OCH3 is 1. The number of ether oxygens (including phenoxy) is 1. The number of nitrogens with one attached hydrogen (secondary N) is 1. The molecule has 102 valence electrons. The first-order valence-corrected chi connectivity index (χ1v) is 6.63. The molecule has 1 unspecified atom stereocenters. The smallest absolute Gasteiger partial charge is 0.0663 e. The monoisotopic (exact) mass is 259 g/mol. The summed E-state index contributed by atoms with van der Waals surface area (Å²) in [5, 5.41) is 7.67. The number of nitrogens with zero attached hydrogens (tertiary/aromatic N) is 2. The van der Waals surface area contributed by atoms with Crippen molar-refractivity contribution in [2.75, 3.05) is 19.0 Å². The van der Waals surface area contributed by atoms with Crippen LogP contribution in [0.5, 0.6) is 0 Å². The van der Waals surface area contributed by atoms with Gasteiger partial charge >= 0.3 is 0 Å². The zero-order chi connectivity index (χ0) is 13.5. The fourth-order valence-electron chi connectivity index (χ4n) is 1.99. The topological polar surface area (TPSA) is 39.1 Å². The molecule has 0 aliphatic carbocycles. The number of benzene rings is 1. The van der Waals surface area contributed by atoms with Crippen molar-refractivity contribution in [1.29, 1.82) is 0 Å². The Morgan fingerprint density at radius 3 is 2.68 bits per heavy atom. The van der Waals surface area contributed by atoms with Crippen LogP contribution in [0.3, 0.4) is 0 Å². The molecule has 4 nitrogen and oxygen atoms in total. The van der Waals surface area contributed by atoms with Crippen molar-refractivity contribution in [3.05, 3.63) is 48.3 Å². The number of anilines is 1. The molecular formula is C15H21N3O. The van der Waals surface area contributed by atoms with Crippen LogP contribution < -0.4 is 5.32 Å². The van der Waals surface area contributed by atoms with Crippen LogP contribution in [0, 0.1) is 0 Å². The minimum Gasteiger partial charge on any atom is -0.383 e. The highest BCUT2D eigenvalue weighted by molar-refractivity contribution is 5.45. The Kier molecular flexibility index (Phi) is 4.98. The highest BCUT2D eigenvalue weighted by Gasteiger charge is 2.05. The van der Waals surface area contributed by atoms with E-state index in [0.717, 1.165) is 25.3 Å². The fraction of sp³-hybridized carbons (Fsp3) is 0.400. The minimum atomic E-state index is 0.363. The van der Waals surface area contributed by atoms with Crippen molar-refractivity contribution in [1.82, 2.24) is 9.78 Å². The van der Waals surface area contributed by atoms with Gasteiger partial charge in [0.1, 0.15) is 0 Å². The van der Waals surface area contributed by atoms with Crippen LogP contribution in [-0.2, 0) is 11.3 Å². The Hall–Kier alpha value is -1.81. The van der Waals surface area contributed by atoms with E-state index in [4.69, 9.17) is 4.74 Å². The molecule has 4 heteroatoms. The third-order valence-electron chi connectivity index (χ3n) is 3.09. The molecule has 1 aromatic heterocycles. The first-order chi connectivity index (χ1) is 9.31. The summed E-state index contributed by atoms with van der Waals surface area (Å²) in [4.78, 5) is 0. The van der Waals surface area contributed by atoms with Gasteiger partial charge in [-0.05, 0) is 30.2 Å². The molecule has 0 spiro atoms. The molecule has 1 heterocycles. The molecule has 0 bridgehead atoms. The van der Waals surface area contributed by atoms with Crippen molar-refractivity contribution in [2.45, 2.75) is 25.9 Å². The van der Waals surface area contributed by atoms with E-state index in [2.05, 4.69) is 41.6 Å². The number of aromatic nitrogens is 2. The third-order valence-corrected chi connectivity index (χ3v) is 3.09. The van der Waals surface area contributed by atoms with Gasteiger partial charge in [0, 0.05) is 31.2 Å². The van der Waals surface area contributed by atoms with Crippen molar-refractivity contribution in [3.63, 3.8) is 0 Å². The van der Waals surface area contributed by atoms with Gasteiger partial charge in [-0.2, -0.15) is 5.10 Å². The zero-order valence-electron chi connectivity index (χ0n) is 11.5. The summed E-state index contributed by atoms with van der Waals surface area (Å²) in [7, 11) is 1.73. The summed E-state index contributed by atoms with van der Waals surface area (Å²) >= 11 is 0. The average Bonchev–Trinajstić information content (AvgIpc) is 2.93. The van der Waals surface area contributed by atoms with Crippen molar-refractivity contribution in [3.8, 4) is 0 Å². The van der Waals surface area contributed by atoms with E-state index >= 15 is 0 Å². The lowest BCUT2D eigenvalue weighted by atomic mass is 10.1. The standard InChI is InChI=1S/C15H21N3O/c1-3-14(12-19-2)17-15-7-5-13(6-8-15)11-18-10-4-9-16-18/h4-10,14,17H,3,11-12H2,1-2H3. The summed E-state index contributed by atoms with van der Waals surface area (Å²) in [6.07, 6.45) is 4.81. The maximum atomic E-state index is 5.19. The molecule has 2 aromatic rings. The van der Waals surface area contributed by atoms with Gasteiger partial charge in [0.15, 0.2) is 0 Å². The highest BCUT2D eigenvalue weighted by Crippen LogP contribution is 2.12. The van der Waals surface area contributed by atoms with Crippen molar-refractivity contribution < 1.29 is 4.74 Å². The number of hydrogen-bond acceptors (Lipinski definition) is 3. The average molecular weight is 259 g/mol. The van der Waals surface area contributed by atoms with Gasteiger partial charge in [0.05, 0.1) is 13.2 Å². The molecule has 0 aliphatic heterocycles. The van der Waals surface area contributed by atoms with Crippen molar-refractivity contribution >= 4 is 5.69 Å². The van der Waals surface area contributed by atoms with E-state index in [1.807, 2.05) is 16.9 Å². The second kappa shape index (κ2) is 6.95. The van der Waals surface area contributed by atoms with Crippen LogP contribution in [0.15, 0.2) is 42.7 Å². The van der Waals surface area contributed by atoms with E-state index in [1.54, 1.807) is 13.3 Å². The summed E-state index contributed by atoms with van der Waals surface area (Å²) in [5.41, 5.74) is 2.38. The molecule has 19 heavy (non-hydrogen) atoms. The van der Waals surface area contributed by atoms with E-state index in [9.17, 15) is 0 Å². The maximum absolute atomic E-state index is 5.19. The molecule has 0 saturated carbocycles. The van der Waals surface area contributed by atoms with Crippen LogP contribution in [0.2, 0.25) is 0 Å². The lowest BCUT2D eigenvalue weighted by Crippen LogP contribution is -2.23. The highest BCUT2D eigenvalue weighted by atomic mass is 16.5. The zero-order valence-corrected chi connectivity index (χ0v) is 11.5. The van der Waals surface area contributed by atoms with Crippen LogP contribution >= 0.6 is 0 Å². The lowest BCUT2D eigenvalue weighted by molar-refractivity contribution is 0.184. The third kappa shape index (κ3) is 4.10. The molecule has 1 aromatic carbocycles. The molecule has 0 saturated heterocycles. The quantitative estimate of drug-likeness (QED) is 0.831. The number of hydrogen-bond donors (Lipinski definition) is 1. The predicted molar refractivity (Wildman–Crippen MR) is 77.3 cm³/mol. The first kappa shape index (κ1) is 13.6. The van der Waals surface area contributed by atoms with E-state index in [1.165, 1.54) is 5.56 Å². The fourth-order valence-corrected chi connectivity index (χ4v) is 1.99. The minimum absolute atomic E-state index is 0.363. The Morgan fingerprint density at radius 1 is 1.32 bits per heavy atom. The molecule has 0 aliphatic rings. The van der Waals surface area contributed by atoms with Crippen LogP contribution in [0.4, 0.5) is 5.69 Å². The Balaban J connectivity index is 1.94. The Bertz CT molecular complexity index is 465. The van der Waals surface area contributed by atoms with Crippen LogP contribution in [0.25, 0.3) is 0 Å². The summed E-state index contributed by atoms with van der Waals surface area (Å²) < 4.78 is 7.11. The molecule has 1 N–H and O–H groups in total. The molecule has 0 amide bonds. The predicted octanol–water partition coefficient (Wildman–Crippen LogP) is 2.77. The van der Waals surface area contributed by atoms with Crippen LogP contribution in [0.1, 0.15) is 18.9 Å². The molecule has 2 rings (SSSR count). The summed E-state index contributed by atoms with van der Waals surface area (Å²) in [6.45, 7) is 3.69. The van der Waals surface area contributed by atoms with Crippen LogP contribution in [-0.4, -0.2) is 29.5 Å². The first-order valence-electron chi connectivity index (χ1n) is 6.63. The van der Waals surface area contributed by atoms with Crippen molar-refractivity contribution in [2.24, 2.45) is 0 Å². The molecular weight excluding hydrogens is 238 g/mol. The largest absolute Gasteiger partial charge is 0.383 e. The van der Waals surface area contributed by atoms with E-state index < -0.39 is 0 Å². The van der Waals surface area contributed by atoms with E-state index in [0.29, 0.717) is 6.04 Å². The Labute approximate surface area is 114 Å². The van der Waals surface area contributed by atoms with Gasteiger partial charge in [-0.25, -0.2) is 0 Å². The van der Waals surface area contributed by atoms with Gasteiger partial charge in [-0.3, -0.25) is 4.68 Å². The SMILES string of the molecule is CCC(COC)Nc1ccc(Cn2cccn2)cc1. The lowest BCUT2D eigenvalue weighted by Gasteiger charge is -2.17. The molecule has 1 atom stereocenters. The number of rotatable bonds is 7. The van der Waals surface area contributed by atoms with E-state index in [-0.39, 0.29) is 0 Å². The summed E-state index contributed by atoms with van der Waals surface area (Å²) in [5.74, 6) is 0. The second-order valence-corrected chi connectivity index (χ2v) is 4.61. The second-order valence-electron chi connectivity index (χ2n) is 4.61. The maximum Gasteiger partial charge on any atom is 0.0663 e. The summed E-state index contributed by atoms with van der Waals surface area (Å²) in [6, 6.07) is 10.8. The Morgan fingerprint density at radius 2 is 2.11 bits per heavy atom. The van der Waals surface area contributed by atoms with Gasteiger partial charge in [-0.15, -0.1) is 0 Å². The van der Waals surface area contributed by atoms with Gasteiger partial charge in [0.25, 0.3) is 0 Å². The molecule has 0 radical (unpaired) electrons. The van der Waals surface area contributed by atoms with Gasteiger partial charge in [0.2, 0.25) is 0 Å². The molecule has 0 fully saturated rings.